The van der Waals surface area contributed by atoms with E-state index in [9.17, 15) is 19.5 Å². The van der Waals surface area contributed by atoms with Gasteiger partial charge in [0.15, 0.2) is 0 Å². The van der Waals surface area contributed by atoms with E-state index in [2.05, 4.69) is 18.1 Å². The van der Waals surface area contributed by atoms with E-state index < -0.39 is 29.6 Å². The third-order valence-electron chi connectivity index (χ3n) is 8.27. The highest BCUT2D eigenvalue weighted by Crippen LogP contribution is 2.58. The number of morpholine rings is 1. The van der Waals surface area contributed by atoms with Crippen molar-refractivity contribution in [2.24, 2.45) is 11.8 Å². The van der Waals surface area contributed by atoms with Crippen LogP contribution in [0.2, 0.25) is 0 Å². The zero-order valence-electron chi connectivity index (χ0n) is 22.1. The highest BCUT2D eigenvalue weighted by molar-refractivity contribution is 5.99. The number of β-amino-alcohol motifs (C(OH)–C–C–N with tert-alkyl or cyclic N) is 1. The summed E-state index contributed by atoms with van der Waals surface area (Å²) in [6, 6.07) is -0.872. The average Bonchev–Trinajstić information content (AvgIpc) is 3.54. The molecule has 0 radical (unpaired) electrons. The fourth-order valence-electron chi connectivity index (χ4n) is 6.70. The predicted octanol–water partition coefficient (Wildman–Crippen LogP) is 0.125. The number of aliphatic hydroxyl groups excluding tert-OH is 1. The highest BCUT2D eigenvalue weighted by atomic mass is 16.5. The standard InChI is InChI=1S/C27H42N4O6/c1-4-9-29(10-5-2)24(33)21-20-7-8-27(37-20)22(21)25(34)31(14-17-32)23(27)26(35)30(11-6-3)13-12-28-15-18-36-19-16-28/h4,6,20-23,32H,1,3,5,7-19H2,2H3/t20-,21+,22-,23?,27?/m0/s1. The Bertz CT molecular complexity index is 877. The lowest BCUT2D eigenvalue weighted by Crippen LogP contribution is -2.57. The molecule has 4 rings (SSSR count). The first kappa shape index (κ1) is 27.8. The predicted molar refractivity (Wildman–Crippen MR) is 138 cm³/mol. The molecule has 4 aliphatic rings. The van der Waals surface area contributed by atoms with Gasteiger partial charge in [0.1, 0.15) is 11.6 Å². The van der Waals surface area contributed by atoms with Gasteiger partial charge in [-0.15, -0.1) is 13.2 Å². The molecule has 0 aromatic carbocycles. The van der Waals surface area contributed by atoms with E-state index in [1.807, 2.05) is 6.92 Å². The molecule has 1 N–H and O–H groups in total. The van der Waals surface area contributed by atoms with E-state index in [0.717, 1.165) is 19.5 Å². The van der Waals surface area contributed by atoms with Crippen molar-refractivity contribution in [1.29, 1.82) is 0 Å². The minimum absolute atomic E-state index is 0.0269. The topological polar surface area (TPSA) is 103 Å². The molecule has 10 nitrogen and oxygen atoms in total. The Balaban J connectivity index is 1.61. The van der Waals surface area contributed by atoms with Crippen LogP contribution >= 0.6 is 0 Å². The number of carbonyl (C=O) groups excluding carboxylic acids is 3. The van der Waals surface area contributed by atoms with Gasteiger partial charge in [-0.1, -0.05) is 19.1 Å². The Morgan fingerprint density at radius 2 is 1.78 bits per heavy atom. The van der Waals surface area contributed by atoms with Crippen molar-refractivity contribution in [2.45, 2.75) is 43.9 Å². The number of likely N-dealkylation sites (tertiary alicyclic amines) is 1. The van der Waals surface area contributed by atoms with Crippen LogP contribution in [0.25, 0.3) is 0 Å². The van der Waals surface area contributed by atoms with E-state index in [1.165, 1.54) is 4.90 Å². The van der Waals surface area contributed by atoms with Gasteiger partial charge in [0.2, 0.25) is 17.7 Å². The number of amides is 3. The first-order valence-electron chi connectivity index (χ1n) is 13.6. The first-order valence-corrected chi connectivity index (χ1v) is 13.6. The Labute approximate surface area is 219 Å². The molecule has 0 aromatic heterocycles. The Kier molecular flexibility index (Phi) is 9.05. The van der Waals surface area contributed by atoms with Gasteiger partial charge in [0, 0.05) is 52.4 Å². The van der Waals surface area contributed by atoms with E-state index in [1.54, 1.807) is 22.0 Å². The number of fused-ring (bicyclic) bond motifs is 1. The van der Waals surface area contributed by atoms with E-state index in [0.29, 0.717) is 58.8 Å². The summed E-state index contributed by atoms with van der Waals surface area (Å²) < 4.78 is 11.9. The van der Waals surface area contributed by atoms with Crippen molar-refractivity contribution in [1.82, 2.24) is 19.6 Å². The monoisotopic (exact) mass is 518 g/mol. The number of rotatable bonds is 13. The van der Waals surface area contributed by atoms with Crippen LogP contribution in [0.4, 0.5) is 0 Å². The molecule has 2 unspecified atom stereocenters. The molecule has 2 bridgehead atoms. The molecule has 5 atom stereocenters. The van der Waals surface area contributed by atoms with Crippen LogP contribution < -0.4 is 0 Å². The zero-order valence-corrected chi connectivity index (χ0v) is 22.1. The number of nitrogens with zero attached hydrogens (tertiary/aromatic N) is 4. The molecule has 1 spiro atoms. The molecule has 0 aliphatic carbocycles. The summed E-state index contributed by atoms with van der Waals surface area (Å²) in [5.74, 6) is -1.95. The lowest BCUT2D eigenvalue weighted by Gasteiger charge is -2.37. The summed E-state index contributed by atoms with van der Waals surface area (Å²) in [6.45, 7) is 14.9. The lowest BCUT2D eigenvalue weighted by molar-refractivity contribution is -0.149. The quantitative estimate of drug-likeness (QED) is 0.346. The van der Waals surface area contributed by atoms with E-state index >= 15 is 0 Å². The van der Waals surface area contributed by atoms with Crippen LogP contribution in [0.1, 0.15) is 26.2 Å². The average molecular weight is 519 g/mol. The van der Waals surface area contributed by atoms with Crippen molar-refractivity contribution in [3.05, 3.63) is 25.3 Å². The van der Waals surface area contributed by atoms with Crippen molar-refractivity contribution in [3.63, 3.8) is 0 Å². The van der Waals surface area contributed by atoms with Crippen molar-refractivity contribution in [3.8, 4) is 0 Å². The van der Waals surface area contributed by atoms with Crippen LogP contribution in [-0.4, -0.2) is 132 Å². The molecule has 10 heteroatoms. The largest absolute Gasteiger partial charge is 0.395 e. The summed E-state index contributed by atoms with van der Waals surface area (Å²) in [5.41, 5.74) is -1.06. The number of hydrogen-bond acceptors (Lipinski definition) is 7. The second-order valence-corrected chi connectivity index (χ2v) is 10.4. The number of hydrogen-bond donors (Lipinski definition) is 1. The molecule has 4 heterocycles. The summed E-state index contributed by atoms with van der Waals surface area (Å²) in [7, 11) is 0. The Morgan fingerprint density at radius 3 is 2.41 bits per heavy atom. The molecule has 0 aromatic rings. The van der Waals surface area contributed by atoms with Gasteiger partial charge in [-0.25, -0.2) is 0 Å². The normalized spacial score (nSPS) is 30.9. The van der Waals surface area contributed by atoms with Crippen molar-refractivity contribution < 1.29 is 29.0 Å². The molecule has 206 valence electrons. The molecule has 37 heavy (non-hydrogen) atoms. The van der Waals surface area contributed by atoms with Crippen LogP contribution in [0, 0.1) is 11.8 Å². The Hall–Kier alpha value is -2.27. The van der Waals surface area contributed by atoms with Crippen LogP contribution in [-0.2, 0) is 23.9 Å². The molecule has 4 fully saturated rings. The molecule has 3 amide bonds. The smallest absolute Gasteiger partial charge is 0.248 e. The second-order valence-electron chi connectivity index (χ2n) is 10.4. The van der Waals surface area contributed by atoms with Gasteiger partial charge >= 0.3 is 0 Å². The fraction of sp³-hybridized carbons (Fsp3) is 0.741. The van der Waals surface area contributed by atoms with Crippen LogP contribution in [0.15, 0.2) is 25.3 Å². The number of aliphatic hydroxyl groups is 1. The van der Waals surface area contributed by atoms with E-state index in [4.69, 9.17) is 9.47 Å². The molecule has 4 aliphatic heterocycles. The van der Waals surface area contributed by atoms with Gasteiger partial charge in [0.25, 0.3) is 0 Å². The van der Waals surface area contributed by atoms with Gasteiger partial charge in [-0.2, -0.15) is 0 Å². The second kappa shape index (κ2) is 12.1. The summed E-state index contributed by atoms with van der Waals surface area (Å²) in [4.78, 5) is 48.9. The summed E-state index contributed by atoms with van der Waals surface area (Å²) in [5, 5.41) is 9.81. The zero-order chi connectivity index (χ0) is 26.6. The van der Waals surface area contributed by atoms with E-state index in [-0.39, 0.29) is 30.9 Å². The molecule has 4 saturated heterocycles. The lowest BCUT2D eigenvalue weighted by atomic mass is 9.70. The molecule has 0 saturated carbocycles. The maximum absolute atomic E-state index is 14.2. The maximum Gasteiger partial charge on any atom is 0.248 e. The Morgan fingerprint density at radius 1 is 1.11 bits per heavy atom. The van der Waals surface area contributed by atoms with Crippen molar-refractivity contribution in [2.75, 3.05) is 72.2 Å². The first-order chi connectivity index (χ1) is 17.9. The molecular weight excluding hydrogens is 476 g/mol. The van der Waals surface area contributed by atoms with Crippen LogP contribution in [0.5, 0.6) is 0 Å². The fourth-order valence-corrected chi connectivity index (χ4v) is 6.70. The van der Waals surface area contributed by atoms with Crippen LogP contribution in [0.3, 0.4) is 0 Å². The third kappa shape index (κ3) is 5.08. The van der Waals surface area contributed by atoms with Gasteiger partial charge in [0.05, 0.1) is 37.8 Å². The van der Waals surface area contributed by atoms with Crippen molar-refractivity contribution >= 4 is 17.7 Å². The minimum atomic E-state index is -1.06. The maximum atomic E-state index is 14.2. The molecular formula is C27H42N4O6. The van der Waals surface area contributed by atoms with Gasteiger partial charge < -0.3 is 29.3 Å². The number of ether oxygens (including phenoxy) is 2. The third-order valence-corrected chi connectivity index (χ3v) is 8.27. The summed E-state index contributed by atoms with van der Waals surface area (Å²) in [6.07, 6.45) is 4.95. The highest BCUT2D eigenvalue weighted by Gasteiger charge is 2.74. The van der Waals surface area contributed by atoms with Gasteiger partial charge in [-0.3, -0.25) is 19.3 Å². The van der Waals surface area contributed by atoms with Gasteiger partial charge in [-0.05, 0) is 19.3 Å². The summed E-state index contributed by atoms with van der Waals surface area (Å²) >= 11 is 0. The minimum Gasteiger partial charge on any atom is -0.395 e. The number of carbonyl (C=O) groups is 3. The SMILES string of the molecule is C=CCN(CCN1CCOCC1)C(=O)C1N(CCO)C(=O)[C@@H]2[C@H](C(=O)N(CC=C)CCC)[C@@H]3CCC12O3.